The third-order valence-electron chi connectivity index (χ3n) is 3.71. The van der Waals surface area contributed by atoms with Crippen LogP contribution in [0.25, 0.3) is 0 Å². The standard InChI is InChI=1S/C12H16N2O/c1-8(9-5-6-9)14-11-3-2-4-12(15)10(11)7-13-14/h7-9H,2-6H2,1H3. The van der Waals surface area contributed by atoms with Crippen LogP contribution in [0.4, 0.5) is 0 Å². The summed E-state index contributed by atoms with van der Waals surface area (Å²) in [6.07, 6.45) is 7.15. The molecule has 0 bridgehead atoms. The molecule has 3 nitrogen and oxygen atoms in total. The molecule has 3 heteroatoms. The monoisotopic (exact) mass is 204 g/mol. The van der Waals surface area contributed by atoms with Gasteiger partial charge in [0.1, 0.15) is 0 Å². The predicted octanol–water partition coefficient (Wildman–Crippen LogP) is 2.37. The van der Waals surface area contributed by atoms with E-state index in [4.69, 9.17) is 0 Å². The van der Waals surface area contributed by atoms with E-state index in [2.05, 4.69) is 16.7 Å². The van der Waals surface area contributed by atoms with Gasteiger partial charge in [0.05, 0.1) is 17.8 Å². The van der Waals surface area contributed by atoms with Gasteiger partial charge in [-0.05, 0) is 38.5 Å². The molecule has 0 aromatic carbocycles. The predicted molar refractivity (Wildman–Crippen MR) is 56.9 cm³/mol. The van der Waals surface area contributed by atoms with Crippen molar-refractivity contribution in [2.75, 3.05) is 0 Å². The third-order valence-corrected chi connectivity index (χ3v) is 3.71. The summed E-state index contributed by atoms with van der Waals surface area (Å²) in [6.45, 7) is 2.23. The van der Waals surface area contributed by atoms with Gasteiger partial charge in [0.25, 0.3) is 0 Å². The van der Waals surface area contributed by atoms with Gasteiger partial charge in [-0.15, -0.1) is 0 Å². The van der Waals surface area contributed by atoms with Crippen LogP contribution in [0.1, 0.15) is 54.7 Å². The van der Waals surface area contributed by atoms with E-state index in [9.17, 15) is 4.79 Å². The number of nitrogens with zero attached hydrogens (tertiary/aromatic N) is 2. The molecule has 80 valence electrons. The third kappa shape index (κ3) is 1.41. The second-order valence-corrected chi connectivity index (χ2v) is 4.80. The SMILES string of the molecule is CC(C1CC1)n1ncc2c1CCCC2=O. The van der Waals surface area contributed by atoms with Crippen LogP contribution in [-0.4, -0.2) is 15.6 Å². The van der Waals surface area contributed by atoms with Crippen LogP contribution in [-0.2, 0) is 6.42 Å². The van der Waals surface area contributed by atoms with Gasteiger partial charge in [-0.2, -0.15) is 5.10 Å². The molecule has 0 aliphatic heterocycles. The molecular weight excluding hydrogens is 188 g/mol. The van der Waals surface area contributed by atoms with Crippen LogP contribution in [0.2, 0.25) is 0 Å². The zero-order chi connectivity index (χ0) is 10.4. The smallest absolute Gasteiger partial charge is 0.166 e. The van der Waals surface area contributed by atoms with Crippen molar-refractivity contribution in [3.8, 4) is 0 Å². The van der Waals surface area contributed by atoms with Gasteiger partial charge in [0, 0.05) is 12.1 Å². The Balaban J connectivity index is 1.98. The Kier molecular flexibility index (Phi) is 1.94. The maximum atomic E-state index is 11.7. The van der Waals surface area contributed by atoms with Gasteiger partial charge < -0.3 is 0 Å². The van der Waals surface area contributed by atoms with Crippen molar-refractivity contribution < 1.29 is 4.79 Å². The molecule has 1 aromatic heterocycles. The minimum absolute atomic E-state index is 0.283. The minimum atomic E-state index is 0.283. The number of ketones is 1. The lowest BCUT2D eigenvalue weighted by atomic mass is 9.96. The highest BCUT2D eigenvalue weighted by Gasteiger charge is 2.32. The van der Waals surface area contributed by atoms with Crippen molar-refractivity contribution in [2.45, 2.75) is 45.1 Å². The van der Waals surface area contributed by atoms with Crippen molar-refractivity contribution in [1.29, 1.82) is 0 Å². The maximum Gasteiger partial charge on any atom is 0.166 e. The Morgan fingerprint density at radius 1 is 1.47 bits per heavy atom. The van der Waals surface area contributed by atoms with E-state index in [1.807, 2.05) is 0 Å². The van der Waals surface area contributed by atoms with E-state index >= 15 is 0 Å². The van der Waals surface area contributed by atoms with Gasteiger partial charge in [-0.3, -0.25) is 9.48 Å². The molecule has 0 spiro atoms. The van der Waals surface area contributed by atoms with E-state index in [1.165, 1.54) is 18.5 Å². The average molecular weight is 204 g/mol. The number of hydrogen-bond donors (Lipinski definition) is 0. The Morgan fingerprint density at radius 2 is 2.27 bits per heavy atom. The lowest BCUT2D eigenvalue weighted by Crippen LogP contribution is -2.17. The Labute approximate surface area is 89.5 Å². The van der Waals surface area contributed by atoms with E-state index in [-0.39, 0.29) is 5.78 Å². The van der Waals surface area contributed by atoms with E-state index in [0.29, 0.717) is 12.5 Å². The van der Waals surface area contributed by atoms with Crippen molar-refractivity contribution in [2.24, 2.45) is 5.92 Å². The average Bonchev–Trinajstić information content (AvgIpc) is 2.98. The Bertz CT molecular complexity index is 404. The fraction of sp³-hybridized carbons (Fsp3) is 0.667. The van der Waals surface area contributed by atoms with Crippen LogP contribution >= 0.6 is 0 Å². The summed E-state index contributed by atoms with van der Waals surface area (Å²) in [5.74, 6) is 1.08. The van der Waals surface area contributed by atoms with Crippen LogP contribution in [0.5, 0.6) is 0 Å². The number of rotatable bonds is 2. The second-order valence-electron chi connectivity index (χ2n) is 4.80. The zero-order valence-corrected chi connectivity index (χ0v) is 9.07. The Hall–Kier alpha value is -1.12. The summed E-state index contributed by atoms with van der Waals surface area (Å²) in [4.78, 5) is 11.7. The number of carbonyl (C=O) groups is 1. The molecule has 15 heavy (non-hydrogen) atoms. The Morgan fingerprint density at radius 3 is 3.00 bits per heavy atom. The van der Waals surface area contributed by atoms with Gasteiger partial charge in [-0.1, -0.05) is 0 Å². The van der Waals surface area contributed by atoms with Crippen molar-refractivity contribution >= 4 is 5.78 Å². The number of fused-ring (bicyclic) bond motifs is 1. The molecule has 3 rings (SSSR count). The van der Waals surface area contributed by atoms with Crippen LogP contribution in [0.15, 0.2) is 6.20 Å². The lowest BCUT2D eigenvalue weighted by Gasteiger charge is -2.18. The highest BCUT2D eigenvalue weighted by atomic mass is 16.1. The number of Topliss-reactive ketones (excluding diaryl/α,β-unsaturated/α-hetero) is 1. The molecule has 1 saturated carbocycles. The molecular formula is C12H16N2O. The number of carbonyl (C=O) groups excluding carboxylic acids is 1. The normalized spacial score (nSPS) is 22.6. The van der Waals surface area contributed by atoms with Gasteiger partial charge >= 0.3 is 0 Å². The first-order valence-corrected chi connectivity index (χ1v) is 5.87. The molecule has 0 N–H and O–H groups in total. The fourth-order valence-corrected chi connectivity index (χ4v) is 2.55. The lowest BCUT2D eigenvalue weighted by molar-refractivity contribution is 0.0971. The van der Waals surface area contributed by atoms with E-state index < -0.39 is 0 Å². The van der Waals surface area contributed by atoms with Gasteiger partial charge in [-0.25, -0.2) is 0 Å². The molecule has 2 aliphatic carbocycles. The molecule has 1 atom stereocenters. The van der Waals surface area contributed by atoms with Crippen LogP contribution in [0.3, 0.4) is 0 Å². The highest BCUT2D eigenvalue weighted by Crippen LogP contribution is 2.40. The molecule has 1 unspecified atom stereocenters. The van der Waals surface area contributed by atoms with Crippen LogP contribution < -0.4 is 0 Å². The van der Waals surface area contributed by atoms with Crippen LogP contribution in [0, 0.1) is 5.92 Å². The topological polar surface area (TPSA) is 34.9 Å². The van der Waals surface area contributed by atoms with E-state index in [1.54, 1.807) is 6.20 Å². The van der Waals surface area contributed by atoms with Crippen molar-refractivity contribution in [3.63, 3.8) is 0 Å². The quantitative estimate of drug-likeness (QED) is 0.741. The summed E-state index contributed by atoms with van der Waals surface area (Å²) >= 11 is 0. The van der Waals surface area contributed by atoms with Gasteiger partial charge in [0.15, 0.2) is 5.78 Å². The summed E-state index contributed by atoms with van der Waals surface area (Å²) in [5, 5.41) is 4.41. The second kappa shape index (κ2) is 3.19. The molecule has 0 radical (unpaired) electrons. The maximum absolute atomic E-state index is 11.7. The fourth-order valence-electron chi connectivity index (χ4n) is 2.55. The largest absolute Gasteiger partial charge is 0.294 e. The molecule has 0 saturated heterocycles. The van der Waals surface area contributed by atoms with E-state index in [0.717, 1.165) is 24.3 Å². The molecule has 1 heterocycles. The first kappa shape index (κ1) is 9.13. The molecule has 1 aromatic rings. The van der Waals surface area contributed by atoms with Gasteiger partial charge in [0.2, 0.25) is 0 Å². The molecule has 0 amide bonds. The number of aromatic nitrogens is 2. The van der Waals surface area contributed by atoms with Crippen molar-refractivity contribution in [3.05, 3.63) is 17.5 Å². The summed E-state index contributed by atoms with van der Waals surface area (Å²) in [6, 6.07) is 0.486. The first-order valence-electron chi connectivity index (χ1n) is 5.87. The minimum Gasteiger partial charge on any atom is -0.294 e. The van der Waals surface area contributed by atoms with Crippen molar-refractivity contribution in [1.82, 2.24) is 9.78 Å². The summed E-state index contributed by atoms with van der Waals surface area (Å²) < 4.78 is 2.10. The highest BCUT2D eigenvalue weighted by molar-refractivity contribution is 5.97. The molecule has 1 fully saturated rings. The summed E-state index contributed by atoms with van der Waals surface area (Å²) in [7, 11) is 0. The molecule has 2 aliphatic rings. The number of hydrogen-bond acceptors (Lipinski definition) is 2. The summed E-state index contributed by atoms with van der Waals surface area (Å²) in [5.41, 5.74) is 2.07. The zero-order valence-electron chi connectivity index (χ0n) is 9.07. The first-order chi connectivity index (χ1) is 7.27.